The summed E-state index contributed by atoms with van der Waals surface area (Å²) in [4.78, 5) is 17.3. The standard InChI is InChI=1S/C20H24N4O2/c1-5-21-11-14-7-6-8-15(10-14)23-19(25)16-9-13(4)22-20-17(16)18(12(2)3)24-26-20/h6-10,12,21H,5,11H2,1-4H3,(H,23,25). The number of nitrogens with zero attached hydrogens (tertiary/aromatic N) is 2. The van der Waals surface area contributed by atoms with Gasteiger partial charge < -0.3 is 15.2 Å². The molecule has 6 nitrogen and oxygen atoms in total. The second kappa shape index (κ2) is 7.66. The van der Waals surface area contributed by atoms with E-state index in [2.05, 4.69) is 27.7 Å². The van der Waals surface area contributed by atoms with Gasteiger partial charge in [-0.15, -0.1) is 0 Å². The van der Waals surface area contributed by atoms with Gasteiger partial charge in [-0.2, -0.15) is 0 Å². The topological polar surface area (TPSA) is 80.0 Å². The second-order valence-electron chi connectivity index (χ2n) is 6.65. The molecule has 0 fully saturated rings. The van der Waals surface area contributed by atoms with E-state index in [1.54, 1.807) is 6.07 Å². The van der Waals surface area contributed by atoms with Gasteiger partial charge in [-0.25, -0.2) is 4.98 Å². The number of aryl methyl sites for hydroxylation is 1. The average molecular weight is 352 g/mol. The van der Waals surface area contributed by atoms with E-state index in [4.69, 9.17) is 4.52 Å². The van der Waals surface area contributed by atoms with Crippen LogP contribution in [-0.2, 0) is 6.54 Å². The Morgan fingerprint density at radius 3 is 2.81 bits per heavy atom. The average Bonchev–Trinajstić information content (AvgIpc) is 3.03. The molecule has 2 aromatic heterocycles. The molecule has 0 aliphatic rings. The largest absolute Gasteiger partial charge is 0.335 e. The molecular weight excluding hydrogens is 328 g/mol. The molecule has 0 aliphatic carbocycles. The minimum atomic E-state index is -0.189. The number of benzene rings is 1. The van der Waals surface area contributed by atoms with Crippen molar-refractivity contribution in [3.8, 4) is 0 Å². The van der Waals surface area contributed by atoms with E-state index in [0.717, 1.165) is 35.7 Å². The Bertz CT molecular complexity index is 931. The van der Waals surface area contributed by atoms with Crippen molar-refractivity contribution in [2.24, 2.45) is 0 Å². The van der Waals surface area contributed by atoms with Gasteiger partial charge in [-0.1, -0.05) is 38.1 Å². The van der Waals surface area contributed by atoms with E-state index < -0.39 is 0 Å². The molecule has 1 amide bonds. The maximum absolute atomic E-state index is 13.0. The molecule has 0 saturated heterocycles. The van der Waals surface area contributed by atoms with Gasteiger partial charge in [-0.3, -0.25) is 4.79 Å². The molecular formula is C20H24N4O2. The summed E-state index contributed by atoms with van der Waals surface area (Å²) in [6.45, 7) is 9.60. The summed E-state index contributed by atoms with van der Waals surface area (Å²) >= 11 is 0. The molecule has 2 N–H and O–H groups in total. The molecule has 0 unspecified atom stereocenters. The highest BCUT2D eigenvalue weighted by Crippen LogP contribution is 2.28. The lowest BCUT2D eigenvalue weighted by atomic mass is 10.0. The van der Waals surface area contributed by atoms with E-state index in [9.17, 15) is 4.79 Å². The van der Waals surface area contributed by atoms with Crippen LogP contribution in [0.4, 0.5) is 5.69 Å². The van der Waals surface area contributed by atoms with Crippen LogP contribution in [0.15, 0.2) is 34.9 Å². The first-order chi connectivity index (χ1) is 12.5. The number of fused-ring (bicyclic) bond motifs is 1. The number of pyridine rings is 1. The van der Waals surface area contributed by atoms with Crippen molar-refractivity contribution in [3.05, 3.63) is 52.8 Å². The predicted octanol–water partition coefficient (Wildman–Crippen LogP) is 4.02. The van der Waals surface area contributed by atoms with Gasteiger partial charge in [0.1, 0.15) is 0 Å². The molecule has 0 radical (unpaired) electrons. The van der Waals surface area contributed by atoms with E-state index in [1.807, 2.05) is 45.0 Å². The Morgan fingerprint density at radius 1 is 1.27 bits per heavy atom. The Hall–Kier alpha value is -2.73. The Labute approximate surface area is 153 Å². The number of aromatic nitrogens is 2. The van der Waals surface area contributed by atoms with E-state index in [0.29, 0.717) is 16.7 Å². The summed E-state index contributed by atoms with van der Waals surface area (Å²) in [5.41, 5.74) is 4.28. The van der Waals surface area contributed by atoms with Gasteiger partial charge in [0, 0.05) is 17.9 Å². The van der Waals surface area contributed by atoms with Crippen LogP contribution in [0.5, 0.6) is 0 Å². The van der Waals surface area contributed by atoms with Crippen LogP contribution < -0.4 is 10.6 Å². The molecule has 3 aromatic rings. The number of anilines is 1. The normalized spacial score (nSPS) is 11.3. The molecule has 26 heavy (non-hydrogen) atoms. The maximum atomic E-state index is 13.0. The Kier molecular flexibility index (Phi) is 5.32. The van der Waals surface area contributed by atoms with Crippen LogP contribution >= 0.6 is 0 Å². The van der Waals surface area contributed by atoms with Crippen LogP contribution in [-0.4, -0.2) is 22.6 Å². The van der Waals surface area contributed by atoms with Crippen molar-refractivity contribution >= 4 is 22.7 Å². The third kappa shape index (κ3) is 3.75. The minimum absolute atomic E-state index is 0.135. The number of amides is 1. The smallest absolute Gasteiger partial charge is 0.259 e. The summed E-state index contributed by atoms with van der Waals surface area (Å²) in [6, 6.07) is 9.61. The van der Waals surface area contributed by atoms with E-state index >= 15 is 0 Å². The number of carbonyl (C=O) groups excluding carboxylic acids is 1. The lowest BCUT2D eigenvalue weighted by Gasteiger charge is -2.10. The SMILES string of the molecule is CCNCc1cccc(NC(=O)c2cc(C)nc3onc(C(C)C)c23)c1. The highest BCUT2D eigenvalue weighted by Gasteiger charge is 2.21. The highest BCUT2D eigenvalue weighted by molar-refractivity contribution is 6.12. The monoisotopic (exact) mass is 352 g/mol. The van der Waals surface area contributed by atoms with Crippen molar-refractivity contribution in [1.82, 2.24) is 15.5 Å². The molecule has 0 aliphatic heterocycles. The first-order valence-electron chi connectivity index (χ1n) is 8.87. The Balaban J connectivity index is 1.94. The summed E-state index contributed by atoms with van der Waals surface area (Å²) in [6.07, 6.45) is 0. The van der Waals surface area contributed by atoms with Gasteiger partial charge in [-0.05, 0) is 43.1 Å². The summed E-state index contributed by atoms with van der Waals surface area (Å²) in [5, 5.41) is 11.1. The van der Waals surface area contributed by atoms with Crippen molar-refractivity contribution in [2.45, 2.75) is 40.2 Å². The first-order valence-corrected chi connectivity index (χ1v) is 8.87. The third-order valence-electron chi connectivity index (χ3n) is 4.16. The molecule has 0 atom stereocenters. The van der Waals surface area contributed by atoms with Crippen LogP contribution in [0.1, 0.15) is 54.0 Å². The fourth-order valence-electron chi connectivity index (χ4n) is 2.90. The molecule has 2 heterocycles. The maximum Gasteiger partial charge on any atom is 0.259 e. The molecule has 3 rings (SSSR count). The zero-order valence-electron chi connectivity index (χ0n) is 15.6. The first kappa shape index (κ1) is 18.1. The molecule has 0 spiro atoms. The van der Waals surface area contributed by atoms with Crippen LogP contribution in [0.2, 0.25) is 0 Å². The van der Waals surface area contributed by atoms with Crippen molar-refractivity contribution in [3.63, 3.8) is 0 Å². The molecule has 1 aromatic carbocycles. The number of hydrogen-bond donors (Lipinski definition) is 2. The minimum Gasteiger partial charge on any atom is -0.335 e. The number of hydrogen-bond acceptors (Lipinski definition) is 5. The van der Waals surface area contributed by atoms with Crippen LogP contribution in [0, 0.1) is 6.92 Å². The van der Waals surface area contributed by atoms with Gasteiger partial charge in [0.25, 0.3) is 11.6 Å². The van der Waals surface area contributed by atoms with Crippen molar-refractivity contribution < 1.29 is 9.32 Å². The quantitative estimate of drug-likeness (QED) is 0.700. The van der Waals surface area contributed by atoms with Crippen LogP contribution in [0.25, 0.3) is 11.1 Å². The van der Waals surface area contributed by atoms with Crippen molar-refractivity contribution in [1.29, 1.82) is 0 Å². The molecule has 6 heteroatoms. The summed E-state index contributed by atoms with van der Waals surface area (Å²) < 4.78 is 5.35. The predicted molar refractivity (Wildman–Crippen MR) is 102 cm³/mol. The lowest BCUT2D eigenvalue weighted by Crippen LogP contribution is -2.15. The fourth-order valence-corrected chi connectivity index (χ4v) is 2.90. The zero-order chi connectivity index (χ0) is 18.7. The molecule has 0 bridgehead atoms. The summed E-state index contributed by atoms with van der Waals surface area (Å²) in [5.74, 6) is -0.0537. The highest BCUT2D eigenvalue weighted by atomic mass is 16.5. The van der Waals surface area contributed by atoms with Crippen molar-refractivity contribution in [2.75, 3.05) is 11.9 Å². The van der Waals surface area contributed by atoms with Gasteiger partial charge in [0.15, 0.2) is 0 Å². The number of rotatable bonds is 6. The number of carbonyl (C=O) groups is 1. The number of nitrogens with one attached hydrogen (secondary N) is 2. The lowest BCUT2D eigenvalue weighted by molar-refractivity contribution is 0.102. The third-order valence-corrected chi connectivity index (χ3v) is 4.16. The zero-order valence-corrected chi connectivity index (χ0v) is 15.6. The molecule has 136 valence electrons. The second-order valence-corrected chi connectivity index (χ2v) is 6.65. The van der Waals surface area contributed by atoms with E-state index in [-0.39, 0.29) is 11.8 Å². The molecule has 0 saturated carbocycles. The van der Waals surface area contributed by atoms with E-state index in [1.165, 1.54) is 0 Å². The summed E-state index contributed by atoms with van der Waals surface area (Å²) in [7, 11) is 0. The van der Waals surface area contributed by atoms with Gasteiger partial charge >= 0.3 is 0 Å². The Morgan fingerprint density at radius 2 is 2.08 bits per heavy atom. The van der Waals surface area contributed by atoms with Crippen LogP contribution in [0.3, 0.4) is 0 Å². The fraction of sp³-hybridized carbons (Fsp3) is 0.350. The van der Waals surface area contributed by atoms with Gasteiger partial charge in [0.2, 0.25) is 0 Å². The van der Waals surface area contributed by atoms with Gasteiger partial charge in [0.05, 0.1) is 16.6 Å².